The number of halogens is 1. The van der Waals surface area contributed by atoms with Crippen molar-refractivity contribution in [2.75, 3.05) is 31.1 Å². The summed E-state index contributed by atoms with van der Waals surface area (Å²) in [6.45, 7) is 3.61. The van der Waals surface area contributed by atoms with Crippen molar-refractivity contribution >= 4 is 15.9 Å². The summed E-state index contributed by atoms with van der Waals surface area (Å²) in [4.78, 5) is 6.42. The molecule has 2 heterocycles. The normalized spacial score (nSPS) is 22.0. The summed E-state index contributed by atoms with van der Waals surface area (Å²) in [6, 6.07) is 7.83. The molecule has 1 saturated carbocycles. The number of unbranched alkanes of at least 4 members (excludes halogenated alkanes) is 1. The van der Waals surface area contributed by atoms with Crippen LogP contribution in [0.4, 0.5) is 10.3 Å². The number of sulfonamides is 1. The molecule has 2 fully saturated rings. The Balaban J connectivity index is 1.37. The molecule has 0 unspecified atom stereocenters. The molecule has 1 aromatic heterocycles. The average molecular weight is 489 g/mol. The van der Waals surface area contributed by atoms with E-state index in [0.29, 0.717) is 30.4 Å². The second-order valence-corrected chi connectivity index (χ2v) is 11.4. The molecule has 2 aliphatic rings. The molecule has 0 amide bonds. The van der Waals surface area contributed by atoms with Gasteiger partial charge in [-0.2, -0.15) is 9.57 Å². The first-order chi connectivity index (χ1) is 16.4. The van der Waals surface area contributed by atoms with Crippen LogP contribution in [0.25, 0.3) is 0 Å². The number of oxazole rings is 1. The Bertz CT molecular complexity index is 1110. The highest BCUT2D eigenvalue weighted by Gasteiger charge is 2.32. The molecule has 0 N–H and O–H groups in total. The highest BCUT2D eigenvalue weighted by Crippen LogP contribution is 2.39. The maximum atomic E-state index is 13.4. The van der Waals surface area contributed by atoms with Crippen LogP contribution in [0.15, 0.2) is 28.7 Å². The van der Waals surface area contributed by atoms with Crippen LogP contribution in [-0.4, -0.2) is 43.9 Å². The van der Waals surface area contributed by atoms with Crippen LogP contribution in [0.3, 0.4) is 0 Å². The zero-order chi connectivity index (χ0) is 24.1. The topological polar surface area (TPSA) is 90.4 Å². The molecule has 7 nitrogen and oxygen atoms in total. The summed E-state index contributed by atoms with van der Waals surface area (Å²) in [5.74, 6) is 1.43. The quantitative estimate of drug-likeness (QED) is 0.530. The molecule has 0 radical (unpaired) electrons. The zero-order valence-corrected chi connectivity index (χ0v) is 20.6. The van der Waals surface area contributed by atoms with Gasteiger partial charge in [0.15, 0.2) is 0 Å². The zero-order valence-electron chi connectivity index (χ0n) is 19.7. The Morgan fingerprint density at radius 2 is 1.91 bits per heavy atom. The molecular weight excluding hydrogens is 455 g/mol. The van der Waals surface area contributed by atoms with E-state index in [2.05, 4.69) is 18.0 Å². The summed E-state index contributed by atoms with van der Waals surface area (Å²) in [6.07, 6.45) is 8.21. The minimum atomic E-state index is -3.57. The number of hydrogen-bond donors (Lipinski definition) is 0. The molecule has 34 heavy (non-hydrogen) atoms. The minimum absolute atomic E-state index is 0.235. The van der Waals surface area contributed by atoms with Crippen LogP contribution in [0.5, 0.6) is 0 Å². The second kappa shape index (κ2) is 10.9. The van der Waals surface area contributed by atoms with Gasteiger partial charge in [-0.3, -0.25) is 0 Å². The van der Waals surface area contributed by atoms with Crippen molar-refractivity contribution in [3.63, 3.8) is 0 Å². The Morgan fingerprint density at radius 3 is 2.56 bits per heavy atom. The molecule has 1 saturated heterocycles. The van der Waals surface area contributed by atoms with Crippen LogP contribution in [0.2, 0.25) is 0 Å². The number of rotatable bonds is 8. The molecule has 9 heteroatoms. The van der Waals surface area contributed by atoms with Gasteiger partial charge in [-0.15, -0.1) is 0 Å². The van der Waals surface area contributed by atoms with Crippen molar-refractivity contribution in [2.24, 2.45) is 5.92 Å². The lowest BCUT2D eigenvalue weighted by Crippen LogP contribution is -2.49. The summed E-state index contributed by atoms with van der Waals surface area (Å²) in [5, 5.41) is 9.63. The molecule has 0 bridgehead atoms. The average Bonchev–Trinajstić information content (AvgIpc) is 3.27. The number of aromatic nitrogens is 1. The van der Waals surface area contributed by atoms with Crippen molar-refractivity contribution in [1.82, 2.24) is 9.29 Å². The van der Waals surface area contributed by atoms with Crippen molar-refractivity contribution < 1.29 is 17.2 Å². The molecule has 1 aliphatic carbocycles. The van der Waals surface area contributed by atoms with E-state index in [1.807, 2.05) is 4.90 Å². The van der Waals surface area contributed by atoms with Crippen LogP contribution >= 0.6 is 0 Å². The van der Waals surface area contributed by atoms with Gasteiger partial charge in [0, 0.05) is 32.1 Å². The predicted molar refractivity (Wildman–Crippen MR) is 128 cm³/mol. The van der Waals surface area contributed by atoms with E-state index >= 15 is 0 Å². The van der Waals surface area contributed by atoms with E-state index in [1.165, 1.54) is 54.6 Å². The van der Waals surface area contributed by atoms with E-state index in [1.54, 1.807) is 6.07 Å². The van der Waals surface area contributed by atoms with Crippen LogP contribution in [0, 0.1) is 23.1 Å². The number of piperazine rings is 1. The van der Waals surface area contributed by atoms with Gasteiger partial charge < -0.3 is 9.32 Å². The molecule has 4 rings (SSSR count). The van der Waals surface area contributed by atoms with Crippen molar-refractivity contribution in [3.8, 4) is 6.07 Å². The summed E-state index contributed by atoms with van der Waals surface area (Å²) < 4.78 is 46.6. The molecule has 2 aromatic rings. The largest absolute Gasteiger partial charge is 0.423 e. The van der Waals surface area contributed by atoms with E-state index < -0.39 is 15.8 Å². The third kappa shape index (κ3) is 5.78. The lowest BCUT2D eigenvalue weighted by molar-refractivity contribution is 0.276. The van der Waals surface area contributed by atoms with Gasteiger partial charge in [-0.05, 0) is 49.3 Å². The Hall–Kier alpha value is -2.44. The van der Waals surface area contributed by atoms with Crippen LogP contribution in [0.1, 0.15) is 74.9 Å². The smallest absolute Gasteiger partial charge is 0.234 e. The minimum Gasteiger partial charge on any atom is -0.423 e. The predicted octanol–water partition coefficient (Wildman–Crippen LogP) is 4.80. The number of nitrogens with zero attached hydrogens (tertiary/aromatic N) is 4. The number of nitriles is 1. The fraction of sp³-hybridized carbons (Fsp3) is 0.600. The van der Waals surface area contributed by atoms with Gasteiger partial charge in [-0.1, -0.05) is 38.3 Å². The molecular formula is C25H33FN4O3S. The molecule has 1 aliphatic heterocycles. The first-order valence-corrected chi connectivity index (χ1v) is 13.9. The van der Waals surface area contributed by atoms with Crippen LogP contribution in [-0.2, 0) is 15.8 Å². The highest BCUT2D eigenvalue weighted by molar-refractivity contribution is 7.88. The third-order valence-corrected chi connectivity index (χ3v) is 8.90. The lowest BCUT2D eigenvalue weighted by Gasteiger charge is -2.33. The first-order valence-electron chi connectivity index (χ1n) is 12.3. The van der Waals surface area contributed by atoms with E-state index in [4.69, 9.17) is 4.42 Å². The maximum Gasteiger partial charge on any atom is 0.234 e. The fourth-order valence-electron chi connectivity index (χ4n) is 5.08. The number of anilines is 1. The maximum absolute atomic E-state index is 13.4. The standard InChI is InChI=1S/C25H33FN4O3S/c1-2-3-5-19-8-10-21(11-9-19)24-28-23(17-27)25(33-24)29-12-14-30(15-13-29)34(31,32)18-20-6-4-7-22(26)16-20/h4,6-7,16,19,21H,2-3,5,8-15,18H2,1H3. The summed E-state index contributed by atoms with van der Waals surface area (Å²) >= 11 is 0. The summed E-state index contributed by atoms with van der Waals surface area (Å²) in [5.41, 5.74) is 0.706. The second-order valence-electron chi connectivity index (χ2n) is 9.45. The molecule has 1 aromatic carbocycles. The molecule has 0 spiro atoms. The lowest BCUT2D eigenvalue weighted by atomic mass is 9.80. The van der Waals surface area contributed by atoms with Gasteiger partial charge in [0.25, 0.3) is 0 Å². The van der Waals surface area contributed by atoms with E-state index in [9.17, 15) is 18.1 Å². The van der Waals surface area contributed by atoms with Crippen molar-refractivity contribution in [3.05, 3.63) is 47.2 Å². The van der Waals surface area contributed by atoms with Gasteiger partial charge in [-0.25, -0.2) is 17.8 Å². The highest BCUT2D eigenvalue weighted by atomic mass is 32.2. The molecule has 184 valence electrons. The SMILES string of the molecule is CCCCC1CCC(c2nc(C#N)c(N3CCN(S(=O)(=O)Cc4cccc(F)c4)CC3)o2)CC1. The Morgan fingerprint density at radius 1 is 1.18 bits per heavy atom. The monoisotopic (exact) mass is 488 g/mol. The fourth-order valence-corrected chi connectivity index (χ4v) is 6.58. The Kier molecular flexibility index (Phi) is 7.89. The number of hydrogen-bond acceptors (Lipinski definition) is 6. The summed E-state index contributed by atoms with van der Waals surface area (Å²) in [7, 11) is -3.57. The molecule has 0 atom stereocenters. The number of benzene rings is 1. The van der Waals surface area contributed by atoms with Gasteiger partial charge in [0.2, 0.25) is 27.5 Å². The third-order valence-electron chi connectivity index (χ3n) is 7.05. The van der Waals surface area contributed by atoms with Crippen LogP contribution < -0.4 is 4.90 Å². The Labute approximate surface area is 201 Å². The van der Waals surface area contributed by atoms with Crippen molar-refractivity contribution in [1.29, 1.82) is 5.26 Å². The van der Waals surface area contributed by atoms with E-state index in [-0.39, 0.29) is 30.5 Å². The van der Waals surface area contributed by atoms with Crippen molar-refractivity contribution in [2.45, 2.75) is 63.5 Å². The van der Waals surface area contributed by atoms with E-state index in [0.717, 1.165) is 18.8 Å². The van der Waals surface area contributed by atoms with Gasteiger partial charge >= 0.3 is 0 Å². The van der Waals surface area contributed by atoms with Gasteiger partial charge in [0.05, 0.1) is 5.75 Å². The first kappa shape index (κ1) is 24.7. The van der Waals surface area contributed by atoms with Gasteiger partial charge in [0.1, 0.15) is 11.9 Å².